The number of nitrogens with zero attached hydrogens (tertiary/aromatic N) is 1. The number of esters is 1. The number of phenolic OH excluding ortho intramolecular Hbond substituents is 1. The second-order valence-electron chi connectivity index (χ2n) is 4.55. The van der Waals surface area contributed by atoms with E-state index in [2.05, 4.69) is 10.2 Å². The molecule has 1 atom stereocenters. The van der Waals surface area contributed by atoms with Gasteiger partial charge in [0, 0.05) is 12.0 Å². The Morgan fingerprint density at radius 1 is 1.38 bits per heavy atom. The molecule has 0 radical (unpaired) electrons. The van der Waals surface area contributed by atoms with E-state index in [0.717, 1.165) is 0 Å². The number of phenols is 1. The molecule has 1 aromatic carbocycles. The van der Waals surface area contributed by atoms with Gasteiger partial charge < -0.3 is 9.84 Å². The molecule has 1 unspecified atom stereocenters. The van der Waals surface area contributed by atoms with Gasteiger partial charge in [-0.3, -0.25) is 9.89 Å². The number of aromatic nitrogens is 2. The highest BCUT2D eigenvalue weighted by Crippen LogP contribution is 2.27. The summed E-state index contributed by atoms with van der Waals surface area (Å²) in [6.45, 7) is 3.24. The molecule has 1 aromatic heterocycles. The van der Waals surface area contributed by atoms with Gasteiger partial charge in [0.05, 0.1) is 5.69 Å². The molecule has 1 heterocycles. The van der Waals surface area contributed by atoms with E-state index in [9.17, 15) is 14.7 Å². The number of H-pyrrole nitrogens is 1. The molecule has 0 aliphatic carbocycles. The molecule has 21 heavy (non-hydrogen) atoms. The number of ether oxygens (including phenoxy) is 1. The molecule has 0 spiro atoms. The van der Waals surface area contributed by atoms with E-state index < -0.39 is 12.1 Å². The van der Waals surface area contributed by atoms with Crippen molar-refractivity contribution >= 4 is 11.8 Å². The maximum absolute atomic E-state index is 11.9. The number of hydrogen-bond donors (Lipinski definition) is 2. The second kappa shape index (κ2) is 6.21. The molecule has 2 N–H and O–H groups in total. The molecule has 0 saturated heterocycles. The van der Waals surface area contributed by atoms with Gasteiger partial charge in [-0.05, 0) is 25.1 Å². The first-order valence-corrected chi connectivity index (χ1v) is 6.60. The van der Waals surface area contributed by atoms with E-state index >= 15 is 0 Å². The van der Waals surface area contributed by atoms with Crippen molar-refractivity contribution in [2.24, 2.45) is 0 Å². The summed E-state index contributed by atoms with van der Waals surface area (Å²) in [5.74, 6) is -0.735. The van der Waals surface area contributed by atoms with Gasteiger partial charge in [-0.2, -0.15) is 5.10 Å². The molecule has 0 bridgehead atoms. The molecular weight excluding hydrogens is 272 g/mol. The van der Waals surface area contributed by atoms with Gasteiger partial charge in [0.1, 0.15) is 11.4 Å². The fraction of sp³-hybridized carbons (Fsp3) is 0.267. The van der Waals surface area contributed by atoms with Gasteiger partial charge in [0.15, 0.2) is 11.9 Å². The zero-order chi connectivity index (χ0) is 15.4. The quantitative estimate of drug-likeness (QED) is 0.824. The summed E-state index contributed by atoms with van der Waals surface area (Å²) >= 11 is 0. The highest BCUT2D eigenvalue weighted by atomic mass is 16.5. The standard InChI is InChI=1S/C15H16N2O4/c1-3-13(18)9(2)21-15(20)12-8-11(16-17-12)10-6-4-5-7-14(10)19/h4-9,19H,3H2,1-2H3,(H,16,17). The van der Waals surface area contributed by atoms with E-state index in [1.165, 1.54) is 19.1 Å². The minimum absolute atomic E-state index is 0.0680. The molecule has 0 fully saturated rings. The average molecular weight is 288 g/mol. The average Bonchev–Trinajstić information content (AvgIpc) is 2.96. The number of Topliss-reactive ketones (excluding diaryl/α,β-unsaturated/α-hetero) is 1. The van der Waals surface area contributed by atoms with E-state index in [4.69, 9.17) is 4.74 Å². The first kappa shape index (κ1) is 14.8. The summed E-state index contributed by atoms with van der Waals surface area (Å²) in [6, 6.07) is 8.14. The lowest BCUT2D eigenvalue weighted by atomic mass is 10.1. The summed E-state index contributed by atoms with van der Waals surface area (Å²) in [7, 11) is 0. The highest BCUT2D eigenvalue weighted by Gasteiger charge is 2.19. The highest BCUT2D eigenvalue weighted by molar-refractivity contribution is 5.92. The number of carbonyl (C=O) groups excluding carboxylic acids is 2. The maximum atomic E-state index is 11.9. The minimum atomic E-state index is -0.792. The SMILES string of the molecule is CCC(=O)C(C)OC(=O)c1cc(-c2ccccc2O)n[nH]1. The van der Waals surface area contributed by atoms with Crippen molar-refractivity contribution < 1.29 is 19.4 Å². The van der Waals surface area contributed by atoms with Crippen molar-refractivity contribution in [1.29, 1.82) is 0 Å². The Morgan fingerprint density at radius 2 is 2.10 bits per heavy atom. The number of para-hydroxylation sites is 1. The third-order valence-corrected chi connectivity index (χ3v) is 3.06. The Balaban J connectivity index is 2.15. The van der Waals surface area contributed by atoms with Crippen molar-refractivity contribution in [2.45, 2.75) is 26.4 Å². The molecule has 0 aliphatic heterocycles. The van der Waals surface area contributed by atoms with Crippen LogP contribution in [0.2, 0.25) is 0 Å². The van der Waals surface area contributed by atoms with Gasteiger partial charge in [0.25, 0.3) is 0 Å². The van der Waals surface area contributed by atoms with Crippen LogP contribution in [0.1, 0.15) is 30.8 Å². The molecule has 2 rings (SSSR count). The monoisotopic (exact) mass is 288 g/mol. The van der Waals surface area contributed by atoms with Crippen molar-refractivity contribution in [1.82, 2.24) is 10.2 Å². The molecule has 110 valence electrons. The molecule has 0 aliphatic rings. The first-order valence-electron chi connectivity index (χ1n) is 6.60. The van der Waals surface area contributed by atoms with E-state index in [1.807, 2.05) is 0 Å². The van der Waals surface area contributed by atoms with E-state index in [-0.39, 0.29) is 17.2 Å². The Kier molecular flexibility index (Phi) is 4.37. The fourth-order valence-electron chi connectivity index (χ4n) is 1.83. The van der Waals surface area contributed by atoms with Gasteiger partial charge >= 0.3 is 5.97 Å². The molecule has 0 saturated carbocycles. The maximum Gasteiger partial charge on any atom is 0.357 e. The third kappa shape index (κ3) is 3.28. The van der Waals surface area contributed by atoms with Crippen LogP contribution in [0.15, 0.2) is 30.3 Å². The molecule has 2 aromatic rings. The van der Waals surface area contributed by atoms with Gasteiger partial charge in [0.2, 0.25) is 0 Å². The number of benzene rings is 1. The van der Waals surface area contributed by atoms with Crippen LogP contribution in [0, 0.1) is 0 Å². The summed E-state index contributed by atoms with van der Waals surface area (Å²) in [4.78, 5) is 23.3. The summed E-state index contributed by atoms with van der Waals surface area (Å²) < 4.78 is 5.05. The first-order chi connectivity index (χ1) is 10.0. The lowest BCUT2D eigenvalue weighted by Gasteiger charge is -2.09. The topological polar surface area (TPSA) is 92.3 Å². The number of aromatic hydroxyl groups is 1. The Morgan fingerprint density at radius 3 is 2.76 bits per heavy atom. The lowest BCUT2D eigenvalue weighted by molar-refractivity contribution is -0.126. The van der Waals surface area contributed by atoms with Crippen LogP contribution >= 0.6 is 0 Å². The van der Waals surface area contributed by atoms with Gasteiger partial charge in [-0.25, -0.2) is 4.79 Å². The summed E-state index contributed by atoms with van der Waals surface area (Å²) in [5.41, 5.74) is 1.06. The normalized spacial score (nSPS) is 11.9. The number of nitrogens with one attached hydrogen (secondary N) is 1. The molecular formula is C15H16N2O4. The van der Waals surface area contributed by atoms with Crippen LogP contribution in [0.3, 0.4) is 0 Å². The Bertz CT molecular complexity index is 663. The zero-order valence-electron chi connectivity index (χ0n) is 11.8. The predicted molar refractivity (Wildman–Crippen MR) is 75.9 cm³/mol. The predicted octanol–water partition coefficient (Wildman–Crippen LogP) is 2.31. The fourth-order valence-corrected chi connectivity index (χ4v) is 1.83. The van der Waals surface area contributed by atoms with Crippen molar-refractivity contribution in [3.05, 3.63) is 36.0 Å². The van der Waals surface area contributed by atoms with Crippen LogP contribution in [0.4, 0.5) is 0 Å². The summed E-state index contributed by atoms with van der Waals surface area (Å²) in [5, 5.41) is 16.3. The van der Waals surface area contributed by atoms with Crippen molar-refractivity contribution in [3.8, 4) is 17.0 Å². The second-order valence-corrected chi connectivity index (χ2v) is 4.55. The molecule has 0 amide bonds. The number of rotatable bonds is 5. The zero-order valence-corrected chi connectivity index (χ0v) is 11.8. The number of ketones is 1. The number of hydrogen-bond acceptors (Lipinski definition) is 5. The van der Waals surface area contributed by atoms with Crippen LogP contribution in [0.5, 0.6) is 5.75 Å². The third-order valence-electron chi connectivity index (χ3n) is 3.06. The molecule has 6 heteroatoms. The smallest absolute Gasteiger partial charge is 0.357 e. The van der Waals surface area contributed by atoms with Crippen LogP contribution in [0.25, 0.3) is 11.3 Å². The van der Waals surface area contributed by atoms with Crippen molar-refractivity contribution in [3.63, 3.8) is 0 Å². The van der Waals surface area contributed by atoms with Crippen LogP contribution < -0.4 is 0 Å². The number of aromatic amines is 1. The summed E-state index contributed by atoms with van der Waals surface area (Å²) in [6.07, 6.45) is -0.486. The van der Waals surface area contributed by atoms with Gasteiger partial charge in [-0.15, -0.1) is 0 Å². The van der Waals surface area contributed by atoms with E-state index in [1.54, 1.807) is 25.1 Å². The Hall–Kier alpha value is -2.63. The largest absolute Gasteiger partial charge is 0.507 e. The van der Waals surface area contributed by atoms with Gasteiger partial charge in [-0.1, -0.05) is 19.1 Å². The minimum Gasteiger partial charge on any atom is -0.507 e. The lowest BCUT2D eigenvalue weighted by Crippen LogP contribution is -2.23. The number of carbonyl (C=O) groups is 2. The van der Waals surface area contributed by atoms with Crippen LogP contribution in [-0.2, 0) is 9.53 Å². The van der Waals surface area contributed by atoms with E-state index in [0.29, 0.717) is 17.7 Å². The van der Waals surface area contributed by atoms with Crippen molar-refractivity contribution in [2.75, 3.05) is 0 Å². The van der Waals surface area contributed by atoms with Crippen LogP contribution in [-0.4, -0.2) is 33.2 Å². The Labute approximate surface area is 121 Å². The molecule has 6 nitrogen and oxygen atoms in total.